The molecule has 0 aliphatic carbocycles. The number of nitrogens with one attached hydrogen (secondary N) is 2. The van der Waals surface area contributed by atoms with Crippen LogP contribution in [0, 0.1) is 19.7 Å². The molecule has 3 rings (SSSR count). The van der Waals surface area contributed by atoms with Crippen LogP contribution in [0.4, 0.5) is 4.39 Å². The lowest BCUT2D eigenvalue weighted by Crippen LogP contribution is -2.25. The summed E-state index contributed by atoms with van der Waals surface area (Å²) in [6.45, 7) is 4.39. The Labute approximate surface area is 151 Å². The molecule has 0 saturated heterocycles. The van der Waals surface area contributed by atoms with Gasteiger partial charge in [-0.2, -0.15) is 0 Å². The molecule has 0 unspecified atom stereocenters. The van der Waals surface area contributed by atoms with Crippen molar-refractivity contribution in [2.24, 2.45) is 0 Å². The molecule has 0 radical (unpaired) electrons. The summed E-state index contributed by atoms with van der Waals surface area (Å²) < 4.78 is 14.0. The molecular weight excluding hydrogens is 339 g/mol. The Morgan fingerprint density at radius 1 is 1.16 bits per heavy atom. The Morgan fingerprint density at radius 2 is 1.88 bits per heavy atom. The molecule has 0 aliphatic rings. The summed E-state index contributed by atoms with van der Waals surface area (Å²) in [4.78, 5) is 15.3. The number of alkyl halides is 1. The molecule has 1 amide bonds. The second-order valence-electron chi connectivity index (χ2n) is 6.18. The minimum absolute atomic E-state index is 0.124. The first-order valence-corrected chi connectivity index (χ1v) is 8.74. The third-order valence-electron chi connectivity index (χ3n) is 4.46. The van der Waals surface area contributed by atoms with Gasteiger partial charge >= 0.3 is 0 Å². The number of benzene rings is 2. The number of aromatic nitrogens is 1. The molecule has 25 heavy (non-hydrogen) atoms. The van der Waals surface area contributed by atoms with E-state index in [1.54, 1.807) is 18.2 Å². The minimum Gasteiger partial charge on any atom is -0.356 e. The quantitative estimate of drug-likeness (QED) is 0.641. The van der Waals surface area contributed by atoms with Crippen molar-refractivity contribution in [1.29, 1.82) is 0 Å². The molecule has 0 spiro atoms. The van der Waals surface area contributed by atoms with Crippen LogP contribution in [0.2, 0.25) is 0 Å². The zero-order valence-electron chi connectivity index (χ0n) is 14.2. The molecule has 0 aliphatic heterocycles. The Bertz CT molecular complexity index is 916. The molecule has 0 saturated carbocycles. The second kappa shape index (κ2) is 7.28. The van der Waals surface area contributed by atoms with Crippen LogP contribution in [0.15, 0.2) is 36.4 Å². The summed E-state index contributed by atoms with van der Waals surface area (Å²) in [5.41, 5.74) is 5.12. The minimum atomic E-state index is -0.252. The van der Waals surface area contributed by atoms with Crippen LogP contribution in [0.1, 0.15) is 32.7 Å². The van der Waals surface area contributed by atoms with Gasteiger partial charge in [0.05, 0.1) is 5.52 Å². The smallest absolute Gasteiger partial charge is 0.251 e. The van der Waals surface area contributed by atoms with Crippen LogP contribution in [0.25, 0.3) is 10.9 Å². The van der Waals surface area contributed by atoms with Crippen LogP contribution < -0.4 is 5.32 Å². The van der Waals surface area contributed by atoms with E-state index in [0.717, 1.165) is 27.8 Å². The van der Waals surface area contributed by atoms with Crippen LogP contribution in [0.3, 0.4) is 0 Å². The number of hydrogen-bond acceptors (Lipinski definition) is 1. The van der Waals surface area contributed by atoms with Gasteiger partial charge in [-0.1, -0.05) is 18.2 Å². The van der Waals surface area contributed by atoms with E-state index in [1.807, 2.05) is 26.0 Å². The van der Waals surface area contributed by atoms with Crippen molar-refractivity contribution in [1.82, 2.24) is 10.3 Å². The summed E-state index contributed by atoms with van der Waals surface area (Å²) in [6.07, 6.45) is 0.641. The number of aromatic amines is 1. The highest BCUT2D eigenvalue weighted by molar-refractivity contribution is 6.17. The number of amides is 1. The van der Waals surface area contributed by atoms with Gasteiger partial charge in [-0.15, -0.1) is 11.6 Å². The first-order chi connectivity index (χ1) is 12.0. The number of hydrogen-bond donors (Lipinski definition) is 2. The highest BCUT2D eigenvalue weighted by atomic mass is 35.5. The van der Waals surface area contributed by atoms with Gasteiger partial charge in [-0.3, -0.25) is 4.79 Å². The summed E-state index contributed by atoms with van der Waals surface area (Å²) in [6, 6.07) is 10.5. The number of fused-ring (bicyclic) bond motifs is 1. The summed E-state index contributed by atoms with van der Waals surface area (Å²) >= 11 is 5.76. The van der Waals surface area contributed by atoms with Gasteiger partial charge in [0.2, 0.25) is 0 Å². The highest BCUT2D eigenvalue weighted by Crippen LogP contribution is 2.27. The predicted molar refractivity (Wildman–Crippen MR) is 99.8 cm³/mol. The second-order valence-corrected chi connectivity index (χ2v) is 6.45. The normalized spacial score (nSPS) is 11.0. The Kier molecular flexibility index (Phi) is 5.09. The standard InChI is InChI=1S/C20H20ClFN2O/c1-12-3-8-17(22)19-18(12)16(13(2)24-19)9-10-23-20(25)15-6-4-14(11-21)5-7-15/h3-8,24H,9-11H2,1-2H3,(H,23,25). The van der Waals surface area contributed by atoms with Crippen LogP contribution in [-0.4, -0.2) is 17.4 Å². The van der Waals surface area contributed by atoms with Crippen LogP contribution in [-0.2, 0) is 12.3 Å². The molecule has 3 aromatic rings. The Morgan fingerprint density at radius 3 is 2.56 bits per heavy atom. The van der Waals surface area contributed by atoms with E-state index in [-0.39, 0.29) is 11.7 Å². The average Bonchev–Trinajstić information content (AvgIpc) is 2.96. The van der Waals surface area contributed by atoms with E-state index in [0.29, 0.717) is 29.9 Å². The van der Waals surface area contributed by atoms with Crippen molar-refractivity contribution in [3.05, 3.63) is 70.2 Å². The van der Waals surface area contributed by atoms with Crippen molar-refractivity contribution in [3.63, 3.8) is 0 Å². The number of carbonyl (C=O) groups excluding carboxylic acids is 1. The zero-order valence-corrected chi connectivity index (χ0v) is 15.0. The van der Waals surface area contributed by atoms with E-state index in [2.05, 4.69) is 10.3 Å². The fraction of sp³-hybridized carbons (Fsp3) is 0.250. The van der Waals surface area contributed by atoms with Crippen LogP contribution in [0.5, 0.6) is 0 Å². The van der Waals surface area contributed by atoms with Crippen molar-refractivity contribution in [2.75, 3.05) is 6.54 Å². The van der Waals surface area contributed by atoms with Gasteiger partial charge in [-0.05, 0) is 55.2 Å². The van der Waals surface area contributed by atoms with Crippen molar-refractivity contribution < 1.29 is 9.18 Å². The van der Waals surface area contributed by atoms with E-state index in [9.17, 15) is 9.18 Å². The predicted octanol–water partition coefficient (Wildman–Crippen LogP) is 4.64. The molecule has 1 aromatic heterocycles. The van der Waals surface area contributed by atoms with Crippen molar-refractivity contribution in [2.45, 2.75) is 26.1 Å². The summed E-state index contributed by atoms with van der Waals surface area (Å²) in [5.74, 6) is 0.0531. The number of carbonyl (C=O) groups is 1. The van der Waals surface area contributed by atoms with Gasteiger partial charge in [0.25, 0.3) is 5.91 Å². The molecule has 0 atom stereocenters. The lowest BCUT2D eigenvalue weighted by atomic mass is 10.0. The third kappa shape index (κ3) is 3.54. The van der Waals surface area contributed by atoms with Gasteiger partial charge < -0.3 is 10.3 Å². The van der Waals surface area contributed by atoms with Gasteiger partial charge in [0.15, 0.2) is 0 Å². The third-order valence-corrected chi connectivity index (χ3v) is 4.77. The lowest BCUT2D eigenvalue weighted by Gasteiger charge is -2.07. The largest absolute Gasteiger partial charge is 0.356 e. The molecule has 1 heterocycles. The Hall–Kier alpha value is -2.33. The Balaban J connectivity index is 1.71. The first-order valence-electron chi connectivity index (χ1n) is 8.20. The van der Waals surface area contributed by atoms with Crippen molar-refractivity contribution >= 4 is 28.4 Å². The molecular formula is C20H20ClFN2O. The highest BCUT2D eigenvalue weighted by Gasteiger charge is 2.14. The van der Waals surface area contributed by atoms with Crippen molar-refractivity contribution in [3.8, 4) is 0 Å². The zero-order chi connectivity index (χ0) is 18.0. The molecule has 2 N–H and O–H groups in total. The van der Waals surface area contributed by atoms with Gasteiger partial charge in [0.1, 0.15) is 5.82 Å². The summed E-state index contributed by atoms with van der Waals surface area (Å²) in [7, 11) is 0. The average molecular weight is 359 g/mol. The fourth-order valence-corrected chi connectivity index (χ4v) is 3.28. The lowest BCUT2D eigenvalue weighted by molar-refractivity contribution is 0.0954. The van der Waals surface area contributed by atoms with Gasteiger partial charge in [0, 0.05) is 29.1 Å². The van der Waals surface area contributed by atoms with Crippen LogP contribution >= 0.6 is 11.6 Å². The molecule has 3 nitrogen and oxygen atoms in total. The fourth-order valence-electron chi connectivity index (χ4n) is 3.10. The summed E-state index contributed by atoms with van der Waals surface area (Å²) in [5, 5.41) is 3.84. The molecule has 2 aromatic carbocycles. The number of H-pyrrole nitrogens is 1. The molecule has 0 bridgehead atoms. The molecule has 0 fully saturated rings. The SMILES string of the molecule is Cc1[nH]c2c(F)ccc(C)c2c1CCNC(=O)c1ccc(CCl)cc1. The first kappa shape index (κ1) is 17.5. The molecule has 5 heteroatoms. The maximum Gasteiger partial charge on any atom is 0.251 e. The van der Waals surface area contributed by atoms with E-state index < -0.39 is 0 Å². The number of halogens is 2. The molecule has 130 valence electrons. The topological polar surface area (TPSA) is 44.9 Å². The maximum absolute atomic E-state index is 14.0. The van der Waals surface area contributed by atoms with E-state index in [1.165, 1.54) is 6.07 Å². The monoisotopic (exact) mass is 358 g/mol. The maximum atomic E-state index is 14.0. The van der Waals surface area contributed by atoms with E-state index in [4.69, 9.17) is 11.6 Å². The van der Waals surface area contributed by atoms with Gasteiger partial charge in [-0.25, -0.2) is 4.39 Å². The number of rotatable bonds is 5. The number of aryl methyl sites for hydroxylation is 2. The van der Waals surface area contributed by atoms with E-state index >= 15 is 0 Å².